The van der Waals surface area contributed by atoms with Gasteiger partial charge in [-0.2, -0.15) is 0 Å². The van der Waals surface area contributed by atoms with E-state index in [9.17, 15) is 14.7 Å². The van der Waals surface area contributed by atoms with Crippen LogP contribution in [0.25, 0.3) is 11.1 Å². The maximum Gasteiger partial charge on any atom is 0.409 e. The first-order chi connectivity index (χ1) is 14.6. The molecule has 2 fully saturated rings. The summed E-state index contributed by atoms with van der Waals surface area (Å²) < 4.78 is 16.9. The molecule has 0 bridgehead atoms. The molecule has 2 heterocycles. The van der Waals surface area contributed by atoms with Gasteiger partial charge in [0.1, 0.15) is 12.2 Å². The summed E-state index contributed by atoms with van der Waals surface area (Å²) in [5.74, 6) is -1.04. The number of amides is 1. The van der Waals surface area contributed by atoms with Crippen LogP contribution in [0.1, 0.15) is 23.5 Å². The number of hydrogen-bond donors (Lipinski definition) is 1. The Morgan fingerprint density at radius 3 is 2.43 bits per heavy atom. The fraction of sp³-hybridized carbons (Fsp3) is 0.391. The number of carboxylic acid groups (broad SMARTS) is 1. The summed E-state index contributed by atoms with van der Waals surface area (Å²) in [6.07, 6.45) is -0.878. The third kappa shape index (κ3) is 3.24. The summed E-state index contributed by atoms with van der Waals surface area (Å²) in [5, 5.41) is 9.21. The van der Waals surface area contributed by atoms with E-state index in [1.54, 1.807) is 4.90 Å². The summed E-state index contributed by atoms with van der Waals surface area (Å²) in [5.41, 5.74) is 3.92. The molecule has 2 saturated heterocycles. The van der Waals surface area contributed by atoms with Crippen molar-refractivity contribution < 1.29 is 28.9 Å². The predicted molar refractivity (Wildman–Crippen MR) is 107 cm³/mol. The lowest BCUT2D eigenvalue weighted by Gasteiger charge is -2.36. The molecule has 0 saturated carbocycles. The van der Waals surface area contributed by atoms with E-state index in [0.29, 0.717) is 13.0 Å². The summed E-state index contributed by atoms with van der Waals surface area (Å²) in [7, 11) is 0. The molecular weight excluding hydrogens is 386 g/mol. The van der Waals surface area contributed by atoms with Crippen molar-refractivity contribution in [2.45, 2.75) is 24.0 Å². The van der Waals surface area contributed by atoms with Crippen LogP contribution < -0.4 is 0 Å². The van der Waals surface area contributed by atoms with E-state index in [4.69, 9.17) is 14.2 Å². The predicted octanol–water partition coefficient (Wildman–Crippen LogP) is 2.88. The second kappa shape index (κ2) is 7.41. The lowest BCUT2D eigenvalue weighted by Crippen LogP contribution is -2.52. The van der Waals surface area contributed by atoms with Gasteiger partial charge in [0, 0.05) is 12.5 Å². The molecule has 1 spiro atoms. The first-order valence-corrected chi connectivity index (χ1v) is 10.1. The van der Waals surface area contributed by atoms with Crippen molar-refractivity contribution in [3.8, 4) is 11.1 Å². The zero-order valence-electron chi connectivity index (χ0n) is 16.5. The molecule has 0 radical (unpaired) electrons. The largest absolute Gasteiger partial charge is 0.479 e. The molecule has 2 unspecified atom stereocenters. The van der Waals surface area contributed by atoms with Gasteiger partial charge in [-0.15, -0.1) is 0 Å². The number of carbonyl (C=O) groups is 2. The fourth-order valence-electron chi connectivity index (χ4n) is 4.74. The average Bonchev–Trinajstić information content (AvgIpc) is 3.31. The maximum absolute atomic E-state index is 12.8. The van der Waals surface area contributed by atoms with Crippen LogP contribution in [0.15, 0.2) is 48.5 Å². The molecule has 7 heteroatoms. The van der Waals surface area contributed by atoms with Crippen molar-refractivity contribution in [3.63, 3.8) is 0 Å². The van der Waals surface area contributed by atoms with Gasteiger partial charge < -0.3 is 24.2 Å². The zero-order chi connectivity index (χ0) is 20.7. The van der Waals surface area contributed by atoms with Gasteiger partial charge in [-0.05, 0) is 28.7 Å². The third-order valence-corrected chi connectivity index (χ3v) is 6.21. The highest BCUT2D eigenvalue weighted by molar-refractivity contribution is 5.79. The van der Waals surface area contributed by atoms with E-state index in [-0.39, 0.29) is 32.3 Å². The number of rotatable bonds is 3. The lowest BCUT2D eigenvalue weighted by molar-refractivity contribution is -0.206. The van der Waals surface area contributed by atoms with E-state index in [1.165, 1.54) is 11.1 Å². The number of carboxylic acids is 1. The minimum absolute atomic E-state index is 0.00330. The van der Waals surface area contributed by atoms with Crippen molar-refractivity contribution in [1.82, 2.24) is 4.90 Å². The Balaban J connectivity index is 1.26. The number of nitrogens with zero attached hydrogens (tertiary/aromatic N) is 1. The summed E-state index contributed by atoms with van der Waals surface area (Å²) in [6.45, 7) is 1.29. The van der Waals surface area contributed by atoms with Crippen LogP contribution in [0.2, 0.25) is 0 Å². The van der Waals surface area contributed by atoms with E-state index in [0.717, 1.165) is 11.1 Å². The molecule has 2 aliphatic heterocycles. The van der Waals surface area contributed by atoms with Crippen LogP contribution in [-0.4, -0.2) is 66.7 Å². The number of hydrogen-bond acceptors (Lipinski definition) is 5. The number of ether oxygens (including phenoxy) is 3. The van der Waals surface area contributed by atoms with Gasteiger partial charge in [-0.1, -0.05) is 48.5 Å². The molecule has 2 aromatic rings. The quantitative estimate of drug-likeness (QED) is 0.839. The Hall–Kier alpha value is -2.90. The Kier molecular flexibility index (Phi) is 4.72. The van der Waals surface area contributed by atoms with E-state index < -0.39 is 23.8 Å². The summed E-state index contributed by atoms with van der Waals surface area (Å²) in [6, 6.07) is 16.4. The van der Waals surface area contributed by atoms with Gasteiger partial charge >= 0.3 is 12.1 Å². The molecular formula is C23H23NO6. The standard InChI is InChI=1S/C23H23NO6/c25-21(26)20-12-28-14-23(30-20)9-10-24(13-23)22(27)29-11-19-17-7-3-1-5-15(17)16-6-2-4-8-18(16)19/h1-8,19-20H,9-14H2,(H,25,26). The van der Waals surface area contributed by atoms with Gasteiger partial charge in [-0.25, -0.2) is 9.59 Å². The highest BCUT2D eigenvalue weighted by atomic mass is 16.6. The smallest absolute Gasteiger partial charge is 0.409 e. The molecule has 7 nitrogen and oxygen atoms in total. The van der Waals surface area contributed by atoms with Crippen molar-refractivity contribution in [2.75, 3.05) is 32.9 Å². The van der Waals surface area contributed by atoms with Gasteiger partial charge in [0.25, 0.3) is 0 Å². The van der Waals surface area contributed by atoms with Crippen molar-refractivity contribution in [2.24, 2.45) is 0 Å². The number of likely N-dealkylation sites (tertiary alicyclic amines) is 1. The lowest BCUT2D eigenvalue weighted by atomic mass is 9.98. The molecule has 156 valence electrons. The number of fused-ring (bicyclic) bond motifs is 3. The van der Waals surface area contributed by atoms with E-state index in [2.05, 4.69) is 24.3 Å². The van der Waals surface area contributed by atoms with Crippen molar-refractivity contribution in [3.05, 3.63) is 59.7 Å². The Labute approximate surface area is 174 Å². The minimum Gasteiger partial charge on any atom is -0.479 e. The van der Waals surface area contributed by atoms with Crippen LogP contribution in [0.3, 0.4) is 0 Å². The molecule has 0 aromatic heterocycles. The summed E-state index contributed by atoms with van der Waals surface area (Å²) >= 11 is 0. The number of carbonyl (C=O) groups excluding carboxylic acids is 1. The Morgan fingerprint density at radius 2 is 1.77 bits per heavy atom. The third-order valence-electron chi connectivity index (χ3n) is 6.21. The Morgan fingerprint density at radius 1 is 1.10 bits per heavy atom. The molecule has 3 aliphatic rings. The maximum atomic E-state index is 12.8. The van der Waals surface area contributed by atoms with Crippen molar-refractivity contribution >= 4 is 12.1 Å². The average molecular weight is 409 g/mol. The first-order valence-electron chi connectivity index (χ1n) is 10.1. The highest BCUT2D eigenvalue weighted by Gasteiger charge is 2.47. The van der Waals surface area contributed by atoms with Crippen LogP contribution in [-0.2, 0) is 19.0 Å². The number of benzene rings is 2. The summed E-state index contributed by atoms with van der Waals surface area (Å²) in [4.78, 5) is 25.6. The van der Waals surface area contributed by atoms with Gasteiger partial charge in [0.2, 0.25) is 0 Å². The van der Waals surface area contributed by atoms with E-state index in [1.807, 2.05) is 24.3 Å². The monoisotopic (exact) mass is 409 g/mol. The molecule has 1 N–H and O–H groups in total. The normalized spacial score (nSPS) is 25.2. The fourth-order valence-corrected chi connectivity index (χ4v) is 4.74. The molecule has 2 aromatic carbocycles. The Bertz CT molecular complexity index is 946. The number of aliphatic carboxylic acids is 1. The van der Waals surface area contributed by atoms with Gasteiger partial charge in [0.05, 0.1) is 19.8 Å². The molecule has 1 amide bonds. The molecule has 30 heavy (non-hydrogen) atoms. The van der Waals surface area contributed by atoms with Crippen LogP contribution in [0.4, 0.5) is 4.79 Å². The highest BCUT2D eigenvalue weighted by Crippen LogP contribution is 2.44. The zero-order valence-corrected chi connectivity index (χ0v) is 16.5. The topological polar surface area (TPSA) is 85.3 Å². The second-order valence-electron chi connectivity index (χ2n) is 8.12. The van der Waals surface area contributed by atoms with Crippen LogP contribution >= 0.6 is 0 Å². The minimum atomic E-state index is -1.05. The van der Waals surface area contributed by atoms with Crippen molar-refractivity contribution in [1.29, 1.82) is 0 Å². The van der Waals surface area contributed by atoms with Crippen LogP contribution in [0, 0.1) is 0 Å². The first kappa shape index (κ1) is 19.1. The van der Waals surface area contributed by atoms with Gasteiger partial charge in [-0.3, -0.25) is 0 Å². The molecule has 2 atom stereocenters. The second-order valence-corrected chi connectivity index (χ2v) is 8.12. The molecule has 5 rings (SSSR count). The SMILES string of the molecule is O=C(O)C1COCC2(CCN(C(=O)OCC3c4ccccc4-c4ccccc43)C2)O1. The van der Waals surface area contributed by atoms with E-state index >= 15 is 0 Å². The molecule has 1 aliphatic carbocycles. The van der Waals surface area contributed by atoms with Gasteiger partial charge in [0.15, 0.2) is 6.10 Å². The van der Waals surface area contributed by atoms with Crippen LogP contribution in [0.5, 0.6) is 0 Å².